The predicted molar refractivity (Wildman–Crippen MR) is 80.8 cm³/mol. The van der Waals surface area contributed by atoms with Gasteiger partial charge in [-0.05, 0) is 12.1 Å². The number of hydrogen-bond acceptors (Lipinski definition) is 0. The lowest BCUT2D eigenvalue weighted by atomic mass is 9.89. The van der Waals surface area contributed by atoms with E-state index in [-0.39, 0.29) is 14.1 Å². The Morgan fingerprint density at radius 2 is 0.735 bits per heavy atom. The fourth-order valence-electron chi connectivity index (χ4n) is 2.47. The first kappa shape index (κ1) is 30.0. The molecule has 0 atom stereocenters. The van der Waals surface area contributed by atoms with Crippen LogP contribution in [0.1, 0.15) is 0 Å². The molecule has 0 bridgehead atoms. The maximum absolute atomic E-state index is 14.4. The molecule has 0 aliphatic carbocycles. The summed E-state index contributed by atoms with van der Waals surface area (Å²) in [6.45, 7) is 0. The minimum absolute atomic E-state index is 0.0258. The van der Waals surface area contributed by atoms with E-state index in [2.05, 4.69) is 0 Å². The molecule has 0 spiro atoms. The van der Waals surface area contributed by atoms with Crippen LogP contribution in [0.5, 0.6) is 0 Å². The summed E-state index contributed by atoms with van der Waals surface area (Å²) in [5.41, 5.74) is -1.05. The lowest BCUT2D eigenvalue weighted by Crippen LogP contribution is -2.77. The van der Waals surface area contributed by atoms with Gasteiger partial charge < -0.3 is 0 Å². The smallest absolute Gasteiger partial charge is 0.230 e. The Bertz CT molecular complexity index is 869. The van der Waals surface area contributed by atoms with Gasteiger partial charge in [-0.1, -0.05) is 18.2 Å². The van der Waals surface area contributed by atoms with Crippen molar-refractivity contribution in [3.8, 4) is 0 Å². The zero-order valence-corrected chi connectivity index (χ0v) is 16.3. The van der Waals surface area contributed by atoms with E-state index in [9.17, 15) is 74.6 Å². The SMILES string of the molecule is C[N+](C)(c1ccccc1)C(F)(F)C(F)(F)C(F)(F)C(F)(F)C(F)(F)C(F)(F)C(F)(F)C(F)(F)F. The summed E-state index contributed by atoms with van der Waals surface area (Å²) in [5.74, 6) is -50.0. The van der Waals surface area contributed by atoms with Crippen molar-refractivity contribution in [2.45, 2.75) is 47.8 Å². The second-order valence-electron chi connectivity index (χ2n) is 7.27. The predicted octanol–water partition coefficient (Wildman–Crippen LogP) is 7.22. The van der Waals surface area contributed by atoms with E-state index in [0.717, 1.165) is 18.2 Å². The zero-order chi connectivity index (χ0) is 27.6. The second-order valence-corrected chi connectivity index (χ2v) is 7.27. The van der Waals surface area contributed by atoms with Gasteiger partial charge in [0.05, 0.1) is 14.1 Å². The third-order valence-corrected chi connectivity index (χ3v) is 4.81. The molecule has 0 unspecified atom stereocenters. The largest absolute Gasteiger partial charge is 0.466 e. The molecule has 0 aliphatic rings. The Balaban J connectivity index is 3.76. The molecule has 1 aromatic rings. The van der Waals surface area contributed by atoms with E-state index in [1.165, 1.54) is 0 Å². The van der Waals surface area contributed by atoms with E-state index in [1.54, 1.807) is 0 Å². The van der Waals surface area contributed by atoms with Crippen LogP contribution >= 0.6 is 0 Å². The lowest BCUT2D eigenvalue weighted by molar-refractivity contribution is -0.466. The normalized spacial score (nSPS) is 16.1. The molecule has 34 heavy (non-hydrogen) atoms. The number of para-hydroxylation sites is 1. The Morgan fingerprint density at radius 1 is 0.441 bits per heavy atom. The van der Waals surface area contributed by atoms with Crippen LogP contribution in [0.4, 0.5) is 80.3 Å². The van der Waals surface area contributed by atoms with Crippen LogP contribution in [0.15, 0.2) is 30.3 Å². The van der Waals surface area contributed by atoms with Gasteiger partial charge in [0.25, 0.3) is 0 Å². The van der Waals surface area contributed by atoms with Crippen molar-refractivity contribution in [3.63, 3.8) is 0 Å². The minimum atomic E-state index is -8.63. The summed E-state index contributed by atoms with van der Waals surface area (Å²) < 4.78 is 225. The minimum Gasteiger partial charge on any atom is -0.230 e. The van der Waals surface area contributed by atoms with Gasteiger partial charge in [-0.15, -0.1) is 8.78 Å². The quantitative estimate of drug-likeness (QED) is 0.186. The summed E-state index contributed by atoms with van der Waals surface area (Å²) in [5, 5.41) is 0. The molecule has 0 amide bonds. The number of halogens is 17. The summed E-state index contributed by atoms with van der Waals surface area (Å²) in [6, 6.07) is -2.69. The van der Waals surface area contributed by atoms with Gasteiger partial charge in [0, 0.05) is 0 Å². The van der Waals surface area contributed by atoms with Crippen LogP contribution in [0, 0.1) is 0 Å². The molecule has 1 nitrogen and oxygen atoms in total. The highest BCUT2D eigenvalue weighted by molar-refractivity contribution is 5.43. The van der Waals surface area contributed by atoms with E-state index < -0.39 is 57.9 Å². The molecular formula is C16H11F17N+. The maximum atomic E-state index is 14.4. The molecule has 198 valence electrons. The monoisotopic (exact) mass is 540 g/mol. The van der Waals surface area contributed by atoms with E-state index in [0.29, 0.717) is 12.1 Å². The number of alkyl halides is 17. The number of hydrogen-bond donors (Lipinski definition) is 0. The molecule has 0 N–H and O–H groups in total. The standard InChI is InChI=1S/C16H11F17N/c1-34(2,8-6-4-3-5-7-8)16(32,33)14(27,28)12(23,24)10(19,20)9(17,18)11(21,22)13(25,26)15(29,30)31/h3-7H,1-2H3/q+1. The third kappa shape index (κ3) is 3.57. The molecule has 1 rings (SSSR count). The fraction of sp³-hybridized carbons (Fsp3) is 0.625. The third-order valence-electron chi connectivity index (χ3n) is 4.81. The first-order chi connectivity index (χ1) is 14.6. The fourth-order valence-corrected chi connectivity index (χ4v) is 2.47. The molecule has 0 heterocycles. The molecule has 0 saturated heterocycles. The van der Waals surface area contributed by atoms with Crippen LogP contribution in [-0.4, -0.2) is 61.9 Å². The molecule has 0 aliphatic heterocycles. The van der Waals surface area contributed by atoms with Crippen molar-refractivity contribution >= 4 is 5.69 Å². The maximum Gasteiger partial charge on any atom is 0.466 e. The Kier molecular flexibility index (Phi) is 6.84. The summed E-state index contributed by atoms with van der Waals surface area (Å²) in [4.78, 5) is 0. The van der Waals surface area contributed by atoms with Crippen molar-refractivity contribution in [1.29, 1.82) is 0 Å². The van der Waals surface area contributed by atoms with Crippen LogP contribution in [-0.2, 0) is 0 Å². The van der Waals surface area contributed by atoms with E-state index >= 15 is 0 Å². The van der Waals surface area contributed by atoms with Gasteiger partial charge in [-0.25, -0.2) is 4.48 Å². The highest BCUT2D eigenvalue weighted by Gasteiger charge is 2.96. The van der Waals surface area contributed by atoms with Gasteiger partial charge in [-0.3, -0.25) is 0 Å². The van der Waals surface area contributed by atoms with Gasteiger partial charge in [0.1, 0.15) is 5.69 Å². The first-order valence-corrected chi connectivity index (χ1v) is 8.22. The van der Waals surface area contributed by atoms with Crippen LogP contribution in [0.3, 0.4) is 0 Å². The van der Waals surface area contributed by atoms with Crippen molar-refractivity contribution < 1.29 is 74.6 Å². The van der Waals surface area contributed by atoms with Gasteiger partial charge >= 0.3 is 47.8 Å². The molecule has 0 radical (unpaired) electrons. The number of benzene rings is 1. The van der Waals surface area contributed by atoms with Crippen LogP contribution in [0.25, 0.3) is 0 Å². The molecular weight excluding hydrogens is 529 g/mol. The van der Waals surface area contributed by atoms with Crippen molar-refractivity contribution in [3.05, 3.63) is 30.3 Å². The van der Waals surface area contributed by atoms with Crippen LogP contribution < -0.4 is 4.48 Å². The van der Waals surface area contributed by atoms with Crippen LogP contribution in [0.2, 0.25) is 0 Å². The number of rotatable bonds is 8. The van der Waals surface area contributed by atoms with Crippen molar-refractivity contribution in [1.82, 2.24) is 4.48 Å². The molecule has 18 heteroatoms. The second kappa shape index (κ2) is 7.74. The van der Waals surface area contributed by atoms with Gasteiger partial charge in [0.15, 0.2) is 0 Å². The topological polar surface area (TPSA) is 0 Å². The van der Waals surface area contributed by atoms with Gasteiger partial charge in [-0.2, -0.15) is 65.9 Å². The molecule has 0 fully saturated rings. The zero-order valence-electron chi connectivity index (χ0n) is 16.3. The molecule has 1 aromatic carbocycles. The summed E-state index contributed by atoms with van der Waals surface area (Å²) in [6.07, 6.45) is -7.77. The van der Waals surface area contributed by atoms with E-state index in [4.69, 9.17) is 0 Å². The molecule has 0 saturated carbocycles. The summed E-state index contributed by atoms with van der Waals surface area (Å²) in [7, 11) is -0.0516. The average molecular weight is 540 g/mol. The van der Waals surface area contributed by atoms with Crippen molar-refractivity contribution in [2.24, 2.45) is 0 Å². The highest BCUT2D eigenvalue weighted by Crippen LogP contribution is 2.64. The summed E-state index contributed by atoms with van der Waals surface area (Å²) >= 11 is 0. The average Bonchev–Trinajstić information content (AvgIpc) is 2.66. The Hall–Kier alpha value is -2.01. The Labute approximate surface area is 178 Å². The number of quaternary nitrogens is 1. The lowest BCUT2D eigenvalue weighted by Gasteiger charge is -2.45. The number of nitrogens with zero attached hydrogens (tertiary/aromatic N) is 1. The van der Waals surface area contributed by atoms with Crippen molar-refractivity contribution in [2.75, 3.05) is 14.1 Å². The van der Waals surface area contributed by atoms with Gasteiger partial charge in [0.2, 0.25) is 0 Å². The highest BCUT2D eigenvalue weighted by atomic mass is 19.4. The molecule has 0 aromatic heterocycles. The first-order valence-electron chi connectivity index (χ1n) is 8.22. The Morgan fingerprint density at radius 3 is 1.06 bits per heavy atom. The van der Waals surface area contributed by atoms with E-state index in [1.807, 2.05) is 0 Å².